The van der Waals surface area contributed by atoms with Crippen molar-refractivity contribution in [2.75, 3.05) is 31.1 Å². The second kappa shape index (κ2) is 8.73. The van der Waals surface area contributed by atoms with Crippen molar-refractivity contribution in [2.45, 2.75) is 31.8 Å². The first-order valence-corrected chi connectivity index (χ1v) is 10.1. The van der Waals surface area contributed by atoms with Crippen molar-refractivity contribution in [2.24, 2.45) is 5.92 Å². The maximum absolute atomic E-state index is 13.5. The molecule has 0 spiro atoms. The van der Waals surface area contributed by atoms with Gasteiger partial charge in [0.25, 0.3) is 5.56 Å². The lowest BCUT2D eigenvalue weighted by atomic mass is 9.96. The molecular formula is C21H25FN4O3. The Morgan fingerprint density at radius 1 is 1.21 bits per heavy atom. The van der Waals surface area contributed by atoms with Crippen molar-refractivity contribution in [3.05, 3.63) is 52.6 Å². The molecule has 2 aromatic rings. The van der Waals surface area contributed by atoms with Crippen molar-refractivity contribution in [1.82, 2.24) is 15.1 Å². The monoisotopic (exact) mass is 400 g/mol. The molecule has 4 rings (SSSR count). The van der Waals surface area contributed by atoms with Crippen LogP contribution in [-0.4, -0.2) is 48.0 Å². The lowest BCUT2D eigenvalue weighted by Crippen LogP contribution is -2.43. The highest BCUT2D eigenvalue weighted by Gasteiger charge is 2.27. The zero-order chi connectivity index (χ0) is 20.2. The van der Waals surface area contributed by atoms with Gasteiger partial charge in [-0.3, -0.25) is 9.59 Å². The second-order valence-electron chi connectivity index (χ2n) is 7.56. The predicted molar refractivity (Wildman–Crippen MR) is 107 cm³/mol. The fourth-order valence-electron chi connectivity index (χ4n) is 3.90. The Morgan fingerprint density at radius 2 is 2.03 bits per heavy atom. The summed E-state index contributed by atoms with van der Waals surface area (Å²) < 4.78 is 20.3. The Morgan fingerprint density at radius 3 is 2.76 bits per heavy atom. The molecule has 2 aliphatic heterocycles. The van der Waals surface area contributed by atoms with Crippen molar-refractivity contribution in [1.29, 1.82) is 0 Å². The second-order valence-corrected chi connectivity index (χ2v) is 7.56. The summed E-state index contributed by atoms with van der Waals surface area (Å²) in [5.74, 6) is 0.281. The number of carbonyl (C=O) groups is 1. The van der Waals surface area contributed by atoms with Gasteiger partial charge in [0.1, 0.15) is 11.6 Å². The summed E-state index contributed by atoms with van der Waals surface area (Å²) in [6.07, 6.45) is 3.65. The van der Waals surface area contributed by atoms with E-state index < -0.39 is 5.82 Å². The van der Waals surface area contributed by atoms with Gasteiger partial charge >= 0.3 is 0 Å². The molecule has 2 saturated heterocycles. The maximum atomic E-state index is 13.5. The Balaban J connectivity index is 1.37. The quantitative estimate of drug-likeness (QED) is 0.830. The lowest BCUT2D eigenvalue weighted by molar-refractivity contribution is -0.126. The predicted octanol–water partition coefficient (Wildman–Crippen LogP) is 1.88. The molecule has 1 atom stereocenters. The van der Waals surface area contributed by atoms with Crippen molar-refractivity contribution >= 4 is 11.7 Å². The third-order valence-corrected chi connectivity index (χ3v) is 5.56. The van der Waals surface area contributed by atoms with Gasteiger partial charge in [-0.15, -0.1) is 5.10 Å². The number of halogens is 1. The zero-order valence-electron chi connectivity index (χ0n) is 16.2. The molecule has 8 heteroatoms. The average molecular weight is 400 g/mol. The first kappa shape index (κ1) is 19.6. The number of hydrogen-bond acceptors (Lipinski definition) is 5. The third kappa shape index (κ3) is 4.64. The van der Waals surface area contributed by atoms with Gasteiger partial charge in [0.15, 0.2) is 0 Å². The van der Waals surface area contributed by atoms with E-state index in [2.05, 4.69) is 15.3 Å². The normalized spacial score (nSPS) is 20.0. The van der Waals surface area contributed by atoms with Crippen molar-refractivity contribution < 1.29 is 13.9 Å². The van der Waals surface area contributed by atoms with E-state index in [4.69, 9.17) is 4.74 Å². The van der Waals surface area contributed by atoms with Crippen LogP contribution in [0.4, 0.5) is 10.2 Å². The number of anilines is 1. The van der Waals surface area contributed by atoms with Gasteiger partial charge in [0.2, 0.25) is 5.91 Å². The number of amides is 1. The smallest absolute Gasteiger partial charge is 0.271 e. The van der Waals surface area contributed by atoms with Crippen molar-refractivity contribution in [3.63, 3.8) is 0 Å². The molecule has 0 unspecified atom stereocenters. The Labute approximate surface area is 168 Å². The van der Waals surface area contributed by atoms with Crippen LogP contribution in [0, 0.1) is 11.7 Å². The van der Waals surface area contributed by atoms with Crippen LogP contribution in [0.2, 0.25) is 0 Å². The highest BCUT2D eigenvalue weighted by molar-refractivity contribution is 5.79. The number of ether oxygens (including phenoxy) is 1. The molecule has 154 valence electrons. The summed E-state index contributed by atoms with van der Waals surface area (Å²) in [5, 5.41) is 7.43. The third-order valence-electron chi connectivity index (χ3n) is 5.56. The van der Waals surface area contributed by atoms with E-state index in [1.165, 1.54) is 22.9 Å². The molecule has 1 N–H and O–H groups in total. The van der Waals surface area contributed by atoms with Crippen LogP contribution in [0.5, 0.6) is 0 Å². The van der Waals surface area contributed by atoms with Crippen LogP contribution >= 0.6 is 0 Å². The SMILES string of the molecule is O=C(NC[C@@H]1CCCO1)C1CCN(c2ccc(=O)n(-c3cccc(F)c3)n2)CC1. The lowest BCUT2D eigenvalue weighted by Gasteiger charge is -2.32. The minimum Gasteiger partial charge on any atom is -0.376 e. The molecule has 0 bridgehead atoms. The van der Waals surface area contributed by atoms with Crippen LogP contribution in [0.1, 0.15) is 25.7 Å². The van der Waals surface area contributed by atoms with Gasteiger partial charge in [-0.05, 0) is 49.9 Å². The summed E-state index contributed by atoms with van der Waals surface area (Å²) in [7, 11) is 0. The molecule has 0 radical (unpaired) electrons. The number of nitrogens with zero attached hydrogens (tertiary/aromatic N) is 3. The number of carbonyl (C=O) groups excluding carboxylic acids is 1. The minimum absolute atomic E-state index is 0.0261. The van der Waals surface area contributed by atoms with Crippen LogP contribution in [0.25, 0.3) is 5.69 Å². The topological polar surface area (TPSA) is 76.5 Å². The zero-order valence-corrected chi connectivity index (χ0v) is 16.2. The fourth-order valence-corrected chi connectivity index (χ4v) is 3.90. The molecule has 0 aliphatic carbocycles. The standard InChI is InChI=1S/C21H25FN4O3/c22-16-3-1-4-17(13-16)26-20(27)7-6-19(24-26)25-10-8-15(9-11-25)21(28)23-14-18-5-2-12-29-18/h1,3-4,6-7,13,15,18H,2,5,8-12,14H2,(H,23,28)/t18-/m0/s1. The Kier molecular flexibility index (Phi) is 5.89. The maximum Gasteiger partial charge on any atom is 0.271 e. The van der Waals surface area contributed by atoms with Gasteiger partial charge in [-0.1, -0.05) is 6.07 Å². The van der Waals surface area contributed by atoms with Crippen molar-refractivity contribution in [3.8, 4) is 5.69 Å². The number of benzene rings is 1. The number of nitrogens with one attached hydrogen (secondary N) is 1. The number of hydrogen-bond donors (Lipinski definition) is 1. The van der Waals surface area contributed by atoms with E-state index in [1.807, 2.05) is 0 Å². The summed E-state index contributed by atoms with van der Waals surface area (Å²) in [6, 6.07) is 8.91. The molecule has 29 heavy (non-hydrogen) atoms. The summed E-state index contributed by atoms with van der Waals surface area (Å²) in [6.45, 7) is 2.71. The molecule has 7 nitrogen and oxygen atoms in total. The van der Waals surface area contributed by atoms with Gasteiger partial charge in [-0.25, -0.2) is 4.39 Å². The summed E-state index contributed by atoms with van der Waals surface area (Å²) >= 11 is 0. The van der Waals surface area contributed by atoms with Gasteiger partial charge < -0.3 is 15.0 Å². The van der Waals surface area contributed by atoms with Crippen LogP contribution in [-0.2, 0) is 9.53 Å². The number of piperidine rings is 1. The van der Waals surface area contributed by atoms with E-state index in [-0.39, 0.29) is 23.5 Å². The highest BCUT2D eigenvalue weighted by atomic mass is 19.1. The van der Waals surface area contributed by atoms with E-state index in [0.29, 0.717) is 31.1 Å². The minimum atomic E-state index is -0.420. The van der Waals surface area contributed by atoms with E-state index in [9.17, 15) is 14.0 Å². The first-order valence-electron chi connectivity index (χ1n) is 10.1. The number of rotatable bonds is 5. The molecule has 1 amide bonds. The van der Waals surface area contributed by atoms with Gasteiger partial charge in [-0.2, -0.15) is 4.68 Å². The van der Waals surface area contributed by atoms with E-state index in [1.54, 1.807) is 18.2 Å². The van der Waals surface area contributed by atoms with Gasteiger partial charge in [0.05, 0.1) is 11.8 Å². The summed E-state index contributed by atoms with van der Waals surface area (Å²) in [5.41, 5.74) is 0.0722. The van der Waals surface area contributed by atoms with Crippen LogP contribution < -0.4 is 15.8 Å². The highest BCUT2D eigenvalue weighted by Crippen LogP contribution is 2.22. The number of aromatic nitrogens is 2. The van der Waals surface area contributed by atoms with E-state index >= 15 is 0 Å². The Hall–Kier alpha value is -2.74. The van der Waals surface area contributed by atoms with E-state index in [0.717, 1.165) is 32.3 Å². The largest absolute Gasteiger partial charge is 0.376 e. The fraction of sp³-hybridized carbons (Fsp3) is 0.476. The summed E-state index contributed by atoms with van der Waals surface area (Å²) in [4.78, 5) is 26.7. The molecule has 2 aliphatic rings. The molecule has 0 saturated carbocycles. The molecule has 2 fully saturated rings. The van der Waals surface area contributed by atoms with Gasteiger partial charge in [0, 0.05) is 38.2 Å². The Bertz CT molecular complexity index is 918. The first-order chi connectivity index (χ1) is 14.1. The molecule has 3 heterocycles. The van der Waals surface area contributed by atoms with Crippen LogP contribution in [0.3, 0.4) is 0 Å². The van der Waals surface area contributed by atoms with Crippen LogP contribution in [0.15, 0.2) is 41.2 Å². The molecule has 1 aromatic heterocycles. The average Bonchev–Trinajstić information content (AvgIpc) is 3.26. The molecular weight excluding hydrogens is 375 g/mol. The molecule has 1 aromatic carbocycles.